The third kappa shape index (κ3) is 2.94. The third-order valence-electron chi connectivity index (χ3n) is 3.63. The zero-order chi connectivity index (χ0) is 13.8. The average Bonchev–Trinajstić information content (AvgIpc) is 2.38. The second kappa shape index (κ2) is 5.76. The van der Waals surface area contributed by atoms with Crippen molar-refractivity contribution in [1.29, 1.82) is 0 Å². The molecule has 1 rings (SSSR count). The van der Waals surface area contributed by atoms with E-state index in [1.807, 2.05) is 20.8 Å². The highest BCUT2D eigenvalue weighted by Crippen LogP contribution is 2.25. The van der Waals surface area contributed by atoms with Crippen molar-refractivity contribution in [2.45, 2.75) is 45.6 Å². The summed E-state index contributed by atoms with van der Waals surface area (Å²) in [5, 5.41) is 22.0. The Kier molecular flexibility index (Phi) is 4.59. The van der Waals surface area contributed by atoms with E-state index >= 15 is 0 Å². The van der Waals surface area contributed by atoms with Gasteiger partial charge in [0.1, 0.15) is 11.5 Å². The molecule has 1 aromatic carbocycles. The molecule has 4 heteroatoms. The number of carbonyl (C=O) groups is 1. The molecule has 100 valence electrons. The van der Waals surface area contributed by atoms with Gasteiger partial charge < -0.3 is 15.5 Å². The van der Waals surface area contributed by atoms with Crippen LogP contribution in [0.3, 0.4) is 0 Å². The first-order valence-electron chi connectivity index (χ1n) is 6.32. The minimum Gasteiger partial charge on any atom is -0.508 e. The van der Waals surface area contributed by atoms with E-state index in [0.29, 0.717) is 0 Å². The van der Waals surface area contributed by atoms with Crippen LogP contribution < -0.4 is 5.32 Å². The van der Waals surface area contributed by atoms with Crippen LogP contribution in [0.15, 0.2) is 18.2 Å². The Balaban J connectivity index is 2.97. The summed E-state index contributed by atoms with van der Waals surface area (Å²) in [4.78, 5) is 12.1. The molecule has 1 aromatic rings. The standard InChI is InChI=1S/C14H21NO3/c1-4-14(5-2,6-3)15-13(18)11-9-10(16)7-8-12(11)17/h7-9,16-17H,4-6H2,1-3H3,(H,15,18). The lowest BCUT2D eigenvalue weighted by molar-refractivity contribution is 0.0885. The van der Waals surface area contributed by atoms with Crippen LogP contribution in [0.2, 0.25) is 0 Å². The van der Waals surface area contributed by atoms with Gasteiger partial charge in [0.25, 0.3) is 5.91 Å². The summed E-state index contributed by atoms with van der Waals surface area (Å²) < 4.78 is 0. The number of phenols is 2. The van der Waals surface area contributed by atoms with Gasteiger partial charge >= 0.3 is 0 Å². The van der Waals surface area contributed by atoms with Crippen LogP contribution in [-0.4, -0.2) is 21.7 Å². The average molecular weight is 251 g/mol. The van der Waals surface area contributed by atoms with E-state index in [0.717, 1.165) is 19.3 Å². The first-order chi connectivity index (χ1) is 8.48. The maximum Gasteiger partial charge on any atom is 0.255 e. The lowest BCUT2D eigenvalue weighted by Gasteiger charge is -2.31. The molecule has 0 unspecified atom stereocenters. The van der Waals surface area contributed by atoms with Gasteiger partial charge in [-0.2, -0.15) is 0 Å². The summed E-state index contributed by atoms with van der Waals surface area (Å²) in [5.41, 5.74) is -0.149. The van der Waals surface area contributed by atoms with E-state index in [9.17, 15) is 15.0 Å². The fraction of sp³-hybridized carbons (Fsp3) is 0.500. The maximum absolute atomic E-state index is 12.1. The molecule has 3 N–H and O–H groups in total. The van der Waals surface area contributed by atoms with Crippen molar-refractivity contribution in [2.75, 3.05) is 0 Å². The van der Waals surface area contributed by atoms with Gasteiger partial charge in [0.2, 0.25) is 0 Å². The summed E-state index contributed by atoms with van der Waals surface area (Å²) in [5.74, 6) is -0.510. The molecule has 0 fully saturated rings. The van der Waals surface area contributed by atoms with Crippen molar-refractivity contribution < 1.29 is 15.0 Å². The maximum atomic E-state index is 12.1. The molecule has 0 saturated carbocycles. The summed E-state index contributed by atoms with van der Waals surface area (Å²) >= 11 is 0. The first kappa shape index (κ1) is 14.4. The summed E-state index contributed by atoms with van der Waals surface area (Å²) in [6.07, 6.45) is 2.47. The first-order valence-corrected chi connectivity index (χ1v) is 6.32. The number of amides is 1. The Bertz CT molecular complexity index is 417. The molecule has 4 nitrogen and oxygen atoms in total. The van der Waals surface area contributed by atoms with Crippen molar-refractivity contribution in [3.8, 4) is 11.5 Å². The second-order valence-electron chi connectivity index (χ2n) is 4.50. The smallest absolute Gasteiger partial charge is 0.255 e. The van der Waals surface area contributed by atoms with Gasteiger partial charge in [-0.05, 0) is 37.5 Å². The van der Waals surface area contributed by atoms with Crippen molar-refractivity contribution >= 4 is 5.91 Å². The third-order valence-corrected chi connectivity index (χ3v) is 3.63. The molecule has 0 aliphatic carbocycles. The van der Waals surface area contributed by atoms with Gasteiger partial charge in [-0.1, -0.05) is 20.8 Å². The zero-order valence-electron chi connectivity index (χ0n) is 11.2. The number of nitrogens with one attached hydrogen (secondary N) is 1. The normalized spacial score (nSPS) is 11.3. The quantitative estimate of drug-likeness (QED) is 0.705. The molecule has 0 heterocycles. The number of hydrogen-bond donors (Lipinski definition) is 3. The number of phenolic OH excluding ortho intramolecular Hbond substituents is 2. The largest absolute Gasteiger partial charge is 0.508 e. The van der Waals surface area contributed by atoms with Gasteiger partial charge in [0.15, 0.2) is 0 Å². The van der Waals surface area contributed by atoms with Crippen molar-refractivity contribution in [2.24, 2.45) is 0 Å². The molecular weight excluding hydrogens is 230 g/mol. The molecule has 0 bridgehead atoms. The van der Waals surface area contributed by atoms with E-state index in [1.165, 1.54) is 18.2 Å². The molecule has 0 radical (unpaired) electrons. The SMILES string of the molecule is CCC(CC)(CC)NC(=O)c1cc(O)ccc1O. The highest BCUT2D eigenvalue weighted by molar-refractivity contribution is 5.97. The van der Waals surface area contributed by atoms with Gasteiger partial charge in [-0.3, -0.25) is 4.79 Å². The molecular formula is C14H21NO3. The van der Waals surface area contributed by atoms with E-state index in [2.05, 4.69) is 5.32 Å². The van der Waals surface area contributed by atoms with Crippen LogP contribution in [0, 0.1) is 0 Å². The lowest BCUT2D eigenvalue weighted by atomic mass is 9.89. The Morgan fingerprint density at radius 3 is 2.22 bits per heavy atom. The summed E-state index contributed by atoms with van der Waals surface area (Å²) in [7, 11) is 0. The molecule has 18 heavy (non-hydrogen) atoms. The van der Waals surface area contributed by atoms with Gasteiger partial charge in [-0.25, -0.2) is 0 Å². The predicted molar refractivity (Wildman–Crippen MR) is 70.8 cm³/mol. The number of carbonyl (C=O) groups excluding carboxylic acids is 1. The van der Waals surface area contributed by atoms with Crippen LogP contribution in [0.4, 0.5) is 0 Å². The minimum atomic E-state index is -0.353. The monoisotopic (exact) mass is 251 g/mol. The Hall–Kier alpha value is -1.71. The van der Waals surface area contributed by atoms with Crippen molar-refractivity contribution in [3.63, 3.8) is 0 Å². The minimum absolute atomic E-state index is 0.0342. The van der Waals surface area contributed by atoms with Gasteiger partial charge in [-0.15, -0.1) is 0 Å². The summed E-state index contributed by atoms with van der Waals surface area (Å²) in [6.45, 7) is 6.07. The molecule has 0 aliphatic rings. The van der Waals surface area contributed by atoms with Gasteiger partial charge in [0.05, 0.1) is 5.56 Å². The van der Waals surface area contributed by atoms with Gasteiger partial charge in [0, 0.05) is 5.54 Å². The molecule has 1 amide bonds. The fourth-order valence-electron chi connectivity index (χ4n) is 2.03. The van der Waals surface area contributed by atoms with Crippen molar-refractivity contribution in [1.82, 2.24) is 5.32 Å². The van der Waals surface area contributed by atoms with Crippen LogP contribution in [0.5, 0.6) is 11.5 Å². The Morgan fingerprint density at radius 2 is 1.72 bits per heavy atom. The number of hydrogen-bond acceptors (Lipinski definition) is 3. The highest BCUT2D eigenvalue weighted by Gasteiger charge is 2.27. The highest BCUT2D eigenvalue weighted by atomic mass is 16.3. The Labute approximate surface area is 108 Å². The Morgan fingerprint density at radius 1 is 1.17 bits per heavy atom. The fourth-order valence-corrected chi connectivity index (χ4v) is 2.03. The lowest BCUT2D eigenvalue weighted by Crippen LogP contribution is -2.47. The zero-order valence-corrected chi connectivity index (χ0v) is 11.2. The summed E-state index contributed by atoms with van der Waals surface area (Å²) in [6, 6.07) is 3.94. The van der Waals surface area contributed by atoms with E-state index in [-0.39, 0.29) is 28.5 Å². The molecule has 0 spiro atoms. The molecule has 0 saturated heterocycles. The number of rotatable bonds is 5. The van der Waals surface area contributed by atoms with Crippen LogP contribution in [0.1, 0.15) is 50.4 Å². The van der Waals surface area contributed by atoms with Crippen LogP contribution in [0.25, 0.3) is 0 Å². The van der Waals surface area contributed by atoms with E-state index in [4.69, 9.17) is 0 Å². The second-order valence-corrected chi connectivity index (χ2v) is 4.50. The molecule has 0 aliphatic heterocycles. The van der Waals surface area contributed by atoms with Crippen LogP contribution in [-0.2, 0) is 0 Å². The predicted octanol–water partition coefficient (Wildman–Crippen LogP) is 2.80. The van der Waals surface area contributed by atoms with E-state index in [1.54, 1.807) is 0 Å². The van der Waals surface area contributed by atoms with Crippen molar-refractivity contribution in [3.05, 3.63) is 23.8 Å². The molecule has 0 aromatic heterocycles. The number of aromatic hydroxyl groups is 2. The molecule has 0 atom stereocenters. The van der Waals surface area contributed by atoms with Crippen LogP contribution >= 0.6 is 0 Å². The topological polar surface area (TPSA) is 69.6 Å². The number of benzene rings is 1. The van der Waals surface area contributed by atoms with E-state index < -0.39 is 0 Å².